The molecule has 2 heterocycles. The van der Waals surface area contributed by atoms with E-state index in [1.807, 2.05) is 22.5 Å². The molecule has 92 valence electrons. The van der Waals surface area contributed by atoms with Crippen molar-refractivity contribution in [1.82, 2.24) is 19.6 Å². The Hall–Kier alpha value is -1.62. The second-order valence-electron chi connectivity index (χ2n) is 4.09. The second kappa shape index (κ2) is 4.71. The van der Waals surface area contributed by atoms with Crippen LogP contribution in [-0.2, 0) is 20.0 Å². The van der Waals surface area contributed by atoms with E-state index >= 15 is 0 Å². The van der Waals surface area contributed by atoms with Gasteiger partial charge < -0.3 is 5.73 Å². The summed E-state index contributed by atoms with van der Waals surface area (Å²) in [5.41, 5.74) is 9.41. The smallest absolute Gasteiger partial charge is 0.0893 e. The van der Waals surface area contributed by atoms with Crippen LogP contribution in [0.2, 0.25) is 0 Å². The summed E-state index contributed by atoms with van der Waals surface area (Å²) in [6.45, 7) is 4.98. The van der Waals surface area contributed by atoms with Crippen molar-refractivity contribution in [3.8, 4) is 0 Å². The second-order valence-corrected chi connectivity index (χ2v) is 4.09. The Balaban J connectivity index is 2.36. The predicted octanol–water partition coefficient (Wildman–Crippen LogP) is 1.25. The zero-order valence-corrected chi connectivity index (χ0v) is 10.6. The van der Waals surface area contributed by atoms with Crippen LogP contribution in [0.1, 0.15) is 37.0 Å². The zero-order valence-electron chi connectivity index (χ0n) is 10.6. The van der Waals surface area contributed by atoms with Crippen LogP contribution >= 0.6 is 0 Å². The van der Waals surface area contributed by atoms with Crippen LogP contribution in [0.4, 0.5) is 0 Å². The molecule has 17 heavy (non-hydrogen) atoms. The minimum Gasteiger partial charge on any atom is -0.318 e. The van der Waals surface area contributed by atoms with E-state index in [4.69, 9.17) is 5.73 Å². The maximum absolute atomic E-state index is 6.28. The van der Waals surface area contributed by atoms with Crippen LogP contribution in [0.3, 0.4) is 0 Å². The van der Waals surface area contributed by atoms with Gasteiger partial charge in [-0.05, 0) is 25.5 Å². The number of hydrogen-bond acceptors (Lipinski definition) is 3. The van der Waals surface area contributed by atoms with Crippen molar-refractivity contribution in [1.29, 1.82) is 0 Å². The lowest BCUT2D eigenvalue weighted by atomic mass is 10.1. The van der Waals surface area contributed by atoms with Crippen molar-refractivity contribution in [2.75, 3.05) is 0 Å². The molecule has 0 aromatic carbocycles. The Labute approximate surface area is 101 Å². The van der Waals surface area contributed by atoms with Crippen molar-refractivity contribution in [3.63, 3.8) is 0 Å². The molecule has 0 spiro atoms. The fraction of sp³-hybridized carbons (Fsp3) is 0.500. The average molecular weight is 233 g/mol. The van der Waals surface area contributed by atoms with Crippen LogP contribution in [0.25, 0.3) is 0 Å². The SMILES string of the molecule is CCc1cc(C(N)c2ccnn2CC)n(C)n1. The molecule has 1 atom stereocenters. The van der Waals surface area contributed by atoms with Gasteiger partial charge in [-0.2, -0.15) is 10.2 Å². The molecular weight excluding hydrogens is 214 g/mol. The van der Waals surface area contributed by atoms with E-state index in [1.54, 1.807) is 6.20 Å². The van der Waals surface area contributed by atoms with Gasteiger partial charge in [-0.25, -0.2) is 0 Å². The molecule has 2 aromatic rings. The highest BCUT2D eigenvalue weighted by Gasteiger charge is 2.17. The predicted molar refractivity (Wildman–Crippen MR) is 66.5 cm³/mol. The highest BCUT2D eigenvalue weighted by Crippen LogP contribution is 2.19. The average Bonchev–Trinajstić information content (AvgIpc) is 2.93. The summed E-state index contributed by atoms with van der Waals surface area (Å²) in [6.07, 6.45) is 2.71. The molecule has 0 aliphatic rings. The molecule has 0 saturated carbocycles. The quantitative estimate of drug-likeness (QED) is 0.864. The highest BCUT2D eigenvalue weighted by molar-refractivity contribution is 5.23. The van der Waals surface area contributed by atoms with Crippen molar-refractivity contribution < 1.29 is 0 Å². The van der Waals surface area contributed by atoms with E-state index in [1.165, 1.54) is 0 Å². The van der Waals surface area contributed by atoms with Crippen LogP contribution in [0.5, 0.6) is 0 Å². The van der Waals surface area contributed by atoms with Gasteiger partial charge in [0.25, 0.3) is 0 Å². The third kappa shape index (κ3) is 2.10. The molecule has 5 heteroatoms. The first-order valence-electron chi connectivity index (χ1n) is 5.97. The van der Waals surface area contributed by atoms with Gasteiger partial charge in [0.15, 0.2) is 0 Å². The molecule has 0 bridgehead atoms. The topological polar surface area (TPSA) is 61.7 Å². The van der Waals surface area contributed by atoms with Gasteiger partial charge in [0.1, 0.15) is 0 Å². The summed E-state index contributed by atoms with van der Waals surface area (Å²) in [7, 11) is 1.93. The summed E-state index contributed by atoms with van der Waals surface area (Å²) in [6, 6.07) is 3.86. The summed E-state index contributed by atoms with van der Waals surface area (Å²) in [4.78, 5) is 0. The molecule has 0 aliphatic carbocycles. The minimum atomic E-state index is -0.171. The lowest BCUT2D eigenvalue weighted by Crippen LogP contribution is -2.19. The molecule has 0 amide bonds. The molecule has 2 aromatic heterocycles. The Morgan fingerprint density at radius 1 is 1.35 bits per heavy atom. The normalized spacial score (nSPS) is 12.9. The molecule has 0 aliphatic heterocycles. The van der Waals surface area contributed by atoms with Crippen LogP contribution in [0, 0.1) is 0 Å². The number of hydrogen-bond donors (Lipinski definition) is 1. The third-order valence-corrected chi connectivity index (χ3v) is 3.02. The molecule has 5 nitrogen and oxygen atoms in total. The minimum absolute atomic E-state index is 0.171. The lowest BCUT2D eigenvalue weighted by Gasteiger charge is -2.13. The Kier molecular flexibility index (Phi) is 3.28. The maximum Gasteiger partial charge on any atom is 0.0893 e. The van der Waals surface area contributed by atoms with Crippen LogP contribution in [-0.4, -0.2) is 19.6 Å². The van der Waals surface area contributed by atoms with Gasteiger partial charge in [-0.1, -0.05) is 6.92 Å². The third-order valence-electron chi connectivity index (χ3n) is 3.02. The van der Waals surface area contributed by atoms with E-state index in [0.717, 1.165) is 30.0 Å². The molecule has 0 saturated heterocycles. The van der Waals surface area contributed by atoms with E-state index in [2.05, 4.69) is 30.1 Å². The van der Waals surface area contributed by atoms with Gasteiger partial charge in [-0.3, -0.25) is 9.36 Å². The Morgan fingerprint density at radius 3 is 2.71 bits per heavy atom. The number of aromatic nitrogens is 4. The first-order valence-corrected chi connectivity index (χ1v) is 5.97. The Bertz CT molecular complexity index is 497. The zero-order chi connectivity index (χ0) is 12.4. The van der Waals surface area contributed by atoms with Crippen molar-refractivity contribution in [2.45, 2.75) is 32.9 Å². The van der Waals surface area contributed by atoms with Crippen molar-refractivity contribution in [2.24, 2.45) is 12.8 Å². The van der Waals surface area contributed by atoms with E-state index < -0.39 is 0 Å². The van der Waals surface area contributed by atoms with E-state index in [-0.39, 0.29) is 6.04 Å². The number of nitrogens with zero attached hydrogens (tertiary/aromatic N) is 4. The van der Waals surface area contributed by atoms with Gasteiger partial charge in [0.2, 0.25) is 0 Å². The number of aryl methyl sites for hydroxylation is 3. The molecule has 2 rings (SSSR count). The van der Waals surface area contributed by atoms with Crippen molar-refractivity contribution in [3.05, 3.63) is 35.4 Å². The maximum atomic E-state index is 6.28. The Morgan fingerprint density at radius 2 is 2.12 bits per heavy atom. The van der Waals surface area contributed by atoms with Gasteiger partial charge in [-0.15, -0.1) is 0 Å². The summed E-state index contributed by atoms with van der Waals surface area (Å²) in [5.74, 6) is 0. The van der Waals surface area contributed by atoms with Gasteiger partial charge in [0, 0.05) is 19.8 Å². The van der Waals surface area contributed by atoms with Crippen LogP contribution in [0.15, 0.2) is 18.3 Å². The first kappa shape index (κ1) is 11.9. The van der Waals surface area contributed by atoms with Crippen molar-refractivity contribution >= 4 is 0 Å². The summed E-state index contributed by atoms with van der Waals surface area (Å²) >= 11 is 0. The largest absolute Gasteiger partial charge is 0.318 e. The molecule has 0 fully saturated rings. The molecular formula is C12H19N5. The molecule has 0 radical (unpaired) electrons. The molecule has 2 N–H and O–H groups in total. The van der Waals surface area contributed by atoms with Crippen LogP contribution < -0.4 is 5.73 Å². The first-order chi connectivity index (χ1) is 8.17. The number of nitrogens with two attached hydrogens (primary N) is 1. The van der Waals surface area contributed by atoms with E-state index in [9.17, 15) is 0 Å². The highest BCUT2D eigenvalue weighted by atomic mass is 15.3. The number of rotatable bonds is 4. The fourth-order valence-corrected chi connectivity index (χ4v) is 2.03. The molecule has 1 unspecified atom stereocenters. The lowest BCUT2D eigenvalue weighted by molar-refractivity contribution is 0.578. The standard InChI is InChI=1S/C12H19N5/c1-4-9-8-11(16(3)15-9)12(13)10-6-7-14-17(10)5-2/h6-8,12H,4-5,13H2,1-3H3. The summed E-state index contributed by atoms with van der Waals surface area (Å²) < 4.78 is 3.78. The monoisotopic (exact) mass is 233 g/mol. The fourth-order valence-electron chi connectivity index (χ4n) is 2.03. The van der Waals surface area contributed by atoms with E-state index in [0.29, 0.717) is 0 Å². The van der Waals surface area contributed by atoms with Gasteiger partial charge >= 0.3 is 0 Å². The summed E-state index contributed by atoms with van der Waals surface area (Å²) in [5, 5.41) is 8.67. The van der Waals surface area contributed by atoms with Gasteiger partial charge in [0.05, 0.1) is 23.1 Å².